The van der Waals surface area contributed by atoms with Gasteiger partial charge in [0.1, 0.15) is 11.3 Å². The summed E-state index contributed by atoms with van der Waals surface area (Å²) >= 11 is 6.32. The number of aromatic nitrogens is 3. The number of fused-ring (bicyclic) bond motifs is 1. The van der Waals surface area contributed by atoms with Gasteiger partial charge in [0.15, 0.2) is 5.65 Å². The van der Waals surface area contributed by atoms with Crippen LogP contribution in [0.2, 0.25) is 0 Å². The lowest BCUT2D eigenvalue weighted by molar-refractivity contribution is 0.287. The Morgan fingerprint density at radius 3 is 2.52 bits per heavy atom. The van der Waals surface area contributed by atoms with E-state index in [2.05, 4.69) is 31.6 Å². The molecular weight excluding hydrogens is 290 g/mol. The minimum atomic E-state index is -0.176. The molecule has 0 spiro atoms. The molecule has 0 aromatic carbocycles. The number of imidazole rings is 1. The molecule has 1 atom stereocenters. The van der Waals surface area contributed by atoms with Crippen molar-refractivity contribution in [2.75, 3.05) is 45.3 Å². The number of hydrogen-bond acceptors (Lipinski definition) is 5. The maximum Gasteiger partial charge on any atom is 0.215 e. The first-order valence-corrected chi connectivity index (χ1v) is 7.55. The molecule has 3 rings (SSSR count). The molecule has 0 radical (unpaired) electrons. The fourth-order valence-corrected chi connectivity index (χ4v) is 2.73. The van der Waals surface area contributed by atoms with Gasteiger partial charge in [-0.3, -0.25) is 0 Å². The van der Waals surface area contributed by atoms with Crippen molar-refractivity contribution in [3.8, 4) is 5.88 Å². The maximum absolute atomic E-state index is 6.32. The zero-order valence-corrected chi connectivity index (χ0v) is 13.3. The van der Waals surface area contributed by atoms with Crippen molar-refractivity contribution in [1.29, 1.82) is 0 Å². The molecule has 114 valence electrons. The first-order valence-electron chi connectivity index (χ1n) is 7.11. The van der Waals surface area contributed by atoms with Gasteiger partial charge in [-0.05, 0) is 20.0 Å². The lowest BCUT2D eigenvalue weighted by Gasteiger charge is -2.35. The first-order chi connectivity index (χ1) is 10.1. The molecule has 2 aromatic heterocycles. The van der Waals surface area contributed by atoms with E-state index in [4.69, 9.17) is 16.3 Å². The van der Waals surface area contributed by atoms with Crippen LogP contribution >= 0.6 is 11.6 Å². The van der Waals surface area contributed by atoms with Gasteiger partial charge in [-0.1, -0.05) is 0 Å². The summed E-state index contributed by atoms with van der Waals surface area (Å²) < 4.78 is 7.30. The van der Waals surface area contributed by atoms with Crippen LogP contribution < -0.4 is 9.75 Å². The third-order valence-corrected chi connectivity index (χ3v) is 4.00. The summed E-state index contributed by atoms with van der Waals surface area (Å²) in [5, 5.41) is 2.08. The molecular formula is C14H20ClN5O. The molecule has 0 N–H and O–H groups in total. The van der Waals surface area contributed by atoms with E-state index < -0.39 is 0 Å². The molecule has 7 heteroatoms. The predicted molar refractivity (Wildman–Crippen MR) is 83.8 cm³/mol. The zero-order valence-electron chi connectivity index (χ0n) is 12.6. The first kappa shape index (κ1) is 14.4. The Morgan fingerprint density at radius 1 is 1.19 bits per heavy atom. The van der Waals surface area contributed by atoms with Crippen LogP contribution in [0.5, 0.6) is 5.88 Å². The van der Waals surface area contributed by atoms with Gasteiger partial charge in [0.05, 0.1) is 12.5 Å². The highest BCUT2D eigenvalue weighted by atomic mass is 35.5. The normalized spacial score (nSPS) is 18.2. The third kappa shape index (κ3) is 2.65. The molecule has 1 fully saturated rings. The van der Waals surface area contributed by atoms with E-state index in [1.165, 1.54) is 0 Å². The van der Waals surface area contributed by atoms with Gasteiger partial charge >= 0.3 is 0 Å². The van der Waals surface area contributed by atoms with Crippen molar-refractivity contribution in [2.45, 2.75) is 12.3 Å². The van der Waals surface area contributed by atoms with E-state index in [0.717, 1.165) is 43.2 Å². The predicted octanol–water partition coefficient (Wildman–Crippen LogP) is 1.62. The van der Waals surface area contributed by atoms with Crippen molar-refractivity contribution in [3.63, 3.8) is 0 Å². The standard InChI is InChI=1S/C14H20ClN5O/c1-10(15)13-16-11-4-5-12(21-3)17-14(11)20(13)19-8-6-18(2)7-9-19/h4-5,10H,6-9H2,1-3H3. The number of rotatable bonds is 3. The van der Waals surface area contributed by atoms with Crippen LogP contribution in [0.15, 0.2) is 12.1 Å². The Kier molecular flexibility index (Phi) is 3.91. The van der Waals surface area contributed by atoms with Gasteiger partial charge in [-0.15, -0.1) is 11.6 Å². The number of piperazine rings is 1. The van der Waals surface area contributed by atoms with Crippen molar-refractivity contribution in [3.05, 3.63) is 18.0 Å². The fraction of sp³-hybridized carbons (Fsp3) is 0.571. The van der Waals surface area contributed by atoms with Crippen molar-refractivity contribution < 1.29 is 4.74 Å². The number of nitrogens with zero attached hydrogens (tertiary/aromatic N) is 5. The van der Waals surface area contributed by atoms with Crippen LogP contribution in [0.3, 0.4) is 0 Å². The molecule has 0 saturated carbocycles. The molecule has 1 aliphatic rings. The number of pyridine rings is 1. The smallest absolute Gasteiger partial charge is 0.215 e. The Labute approximate surface area is 129 Å². The summed E-state index contributed by atoms with van der Waals surface area (Å²) in [7, 11) is 3.76. The second kappa shape index (κ2) is 5.69. The number of alkyl halides is 1. The molecule has 2 aromatic rings. The summed E-state index contributed by atoms with van der Waals surface area (Å²) in [6.45, 7) is 5.82. The van der Waals surface area contributed by atoms with Crippen LogP contribution in [0.25, 0.3) is 11.2 Å². The molecule has 0 bridgehead atoms. The van der Waals surface area contributed by atoms with Crippen LogP contribution in [-0.4, -0.2) is 59.9 Å². The minimum Gasteiger partial charge on any atom is -0.481 e. The molecule has 0 amide bonds. The van der Waals surface area contributed by atoms with Gasteiger partial charge < -0.3 is 14.6 Å². The third-order valence-electron chi connectivity index (χ3n) is 3.81. The van der Waals surface area contributed by atoms with Gasteiger partial charge in [0.25, 0.3) is 0 Å². The number of methoxy groups -OCH3 is 1. The molecule has 1 saturated heterocycles. The van der Waals surface area contributed by atoms with Crippen LogP contribution in [0, 0.1) is 0 Å². The summed E-state index contributed by atoms with van der Waals surface area (Å²) in [6, 6.07) is 3.75. The topological polar surface area (TPSA) is 46.4 Å². The molecule has 6 nitrogen and oxygen atoms in total. The Hall–Kier alpha value is -1.53. The molecule has 1 unspecified atom stereocenters. The maximum atomic E-state index is 6.32. The van der Waals surface area contributed by atoms with Crippen LogP contribution in [-0.2, 0) is 0 Å². The zero-order chi connectivity index (χ0) is 15.0. The van der Waals surface area contributed by atoms with E-state index in [0.29, 0.717) is 5.88 Å². The molecule has 3 heterocycles. The van der Waals surface area contributed by atoms with Gasteiger partial charge in [-0.2, -0.15) is 4.98 Å². The monoisotopic (exact) mass is 309 g/mol. The van der Waals surface area contributed by atoms with E-state index in [1.54, 1.807) is 7.11 Å². The average molecular weight is 310 g/mol. The number of ether oxygens (including phenoxy) is 1. The second-order valence-corrected chi connectivity index (χ2v) is 6.01. The van der Waals surface area contributed by atoms with Crippen LogP contribution in [0.1, 0.15) is 18.1 Å². The molecule has 1 aliphatic heterocycles. The number of likely N-dealkylation sites (N-methyl/N-ethyl adjacent to an activating group) is 1. The fourth-order valence-electron chi connectivity index (χ4n) is 2.59. The summed E-state index contributed by atoms with van der Waals surface area (Å²) in [4.78, 5) is 11.5. The van der Waals surface area contributed by atoms with Crippen molar-refractivity contribution in [1.82, 2.24) is 19.5 Å². The largest absolute Gasteiger partial charge is 0.481 e. The van der Waals surface area contributed by atoms with Crippen molar-refractivity contribution in [2.24, 2.45) is 0 Å². The Bertz CT molecular complexity index is 634. The van der Waals surface area contributed by atoms with E-state index in [1.807, 2.05) is 19.1 Å². The quantitative estimate of drug-likeness (QED) is 0.806. The van der Waals surface area contributed by atoms with E-state index in [9.17, 15) is 0 Å². The highest BCUT2D eigenvalue weighted by Gasteiger charge is 2.23. The number of halogens is 1. The summed E-state index contributed by atoms with van der Waals surface area (Å²) in [6.07, 6.45) is 0. The molecule has 0 aliphatic carbocycles. The highest BCUT2D eigenvalue weighted by Crippen LogP contribution is 2.25. The van der Waals surface area contributed by atoms with E-state index >= 15 is 0 Å². The van der Waals surface area contributed by atoms with E-state index in [-0.39, 0.29) is 5.38 Å². The number of hydrogen-bond donors (Lipinski definition) is 0. The molecule has 21 heavy (non-hydrogen) atoms. The van der Waals surface area contributed by atoms with Gasteiger partial charge in [0, 0.05) is 32.2 Å². The average Bonchev–Trinajstić information content (AvgIpc) is 2.86. The van der Waals surface area contributed by atoms with Crippen LogP contribution in [0.4, 0.5) is 0 Å². The Balaban J connectivity index is 2.10. The summed E-state index contributed by atoms with van der Waals surface area (Å²) in [5.41, 5.74) is 1.65. The van der Waals surface area contributed by atoms with Gasteiger partial charge in [0.2, 0.25) is 5.88 Å². The lowest BCUT2D eigenvalue weighted by Crippen LogP contribution is -2.50. The summed E-state index contributed by atoms with van der Waals surface area (Å²) in [5.74, 6) is 1.42. The van der Waals surface area contributed by atoms with Crippen molar-refractivity contribution >= 4 is 22.8 Å². The highest BCUT2D eigenvalue weighted by molar-refractivity contribution is 6.20. The minimum absolute atomic E-state index is 0.176. The Morgan fingerprint density at radius 2 is 1.90 bits per heavy atom. The second-order valence-electron chi connectivity index (χ2n) is 5.35. The van der Waals surface area contributed by atoms with Gasteiger partial charge in [-0.25, -0.2) is 9.66 Å². The SMILES string of the molecule is COc1ccc2nc(C(C)Cl)n(N3CCN(C)CC3)c2n1. The lowest BCUT2D eigenvalue weighted by atomic mass is 10.4.